The summed E-state index contributed by atoms with van der Waals surface area (Å²) in [4.78, 5) is 0. The Kier molecular flexibility index (Phi) is 5.39. The lowest BCUT2D eigenvalue weighted by Gasteiger charge is -2.22. The lowest BCUT2D eigenvalue weighted by atomic mass is 10.1. The van der Waals surface area contributed by atoms with E-state index >= 15 is 0 Å². The van der Waals surface area contributed by atoms with Crippen LogP contribution < -0.4 is 4.74 Å². The minimum absolute atomic E-state index is 0.498. The van der Waals surface area contributed by atoms with Crippen LogP contribution in [-0.2, 0) is 4.43 Å². The van der Waals surface area contributed by atoms with Crippen molar-refractivity contribution in [2.45, 2.75) is 39.1 Å². The molecule has 0 bridgehead atoms. The summed E-state index contributed by atoms with van der Waals surface area (Å²) < 4.78 is 11.4. The number of hydrogen-bond acceptors (Lipinski definition) is 3. The molecule has 3 nitrogen and oxygen atoms in total. The van der Waals surface area contributed by atoms with E-state index in [9.17, 15) is 5.26 Å². The molecule has 0 fully saturated rings. The van der Waals surface area contributed by atoms with Crippen LogP contribution in [0, 0.1) is 11.3 Å². The van der Waals surface area contributed by atoms with Gasteiger partial charge < -0.3 is 9.16 Å². The topological polar surface area (TPSA) is 42.2 Å². The number of benzene rings is 1. The first kappa shape index (κ1) is 14.7. The molecule has 0 saturated carbocycles. The highest BCUT2D eigenvalue weighted by Gasteiger charge is 2.22. The van der Waals surface area contributed by atoms with E-state index in [1.165, 1.54) is 0 Å². The van der Waals surface area contributed by atoms with Crippen molar-refractivity contribution in [3.05, 3.63) is 29.8 Å². The Hall–Kier alpha value is -1.31. The molecule has 0 saturated heterocycles. The summed E-state index contributed by atoms with van der Waals surface area (Å²) in [5.41, 5.74) is 0.869. The standard InChI is InChI=1S/C14H21NO2Si/c1-5-9-16-13-8-6-7-12(10-13)14(11-15)17-18(2,3)4/h6-8,10,14H,5,9H2,1-4H3. The van der Waals surface area contributed by atoms with Gasteiger partial charge in [-0.3, -0.25) is 0 Å². The van der Waals surface area contributed by atoms with E-state index in [0.29, 0.717) is 6.61 Å². The second-order valence-corrected chi connectivity index (χ2v) is 9.62. The monoisotopic (exact) mass is 263 g/mol. The second-order valence-electron chi connectivity index (χ2n) is 5.16. The minimum atomic E-state index is -1.73. The molecule has 18 heavy (non-hydrogen) atoms. The Morgan fingerprint density at radius 3 is 2.61 bits per heavy atom. The van der Waals surface area contributed by atoms with Gasteiger partial charge in [0.25, 0.3) is 0 Å². The molecule has 0 aliphatic rings. The summed E-state index contributed by atoms with van der Waals surface area (Å²) in [6.45, 7) is 8.99. The van der Waals surface area contributed by atoms with E-state index in [1.54, 1.807) is 0 Å². The van der Waals surface area contributed by atoms with Crippen molar-refractivity contribution in [1.29, 1.82) is 5.26 Å². The summed E-state index contributed by atoms with van der Waals surface area (Å²) >= 11 is 0. The molecule has 1 rings (SSSR count). The maximum absolute atomic E-state index is 9.22. The van der Waals surface area contributed by atoms with E-state index in [1.807, 2.05) is 24.3 Å². The van der Waals surface area contributed by atoms with E-state index in [0.717, 1.165) is 17.7 Å². The highest BCUT2D eigenvalue weighted by Crippen LogP contribution is 2.24. The number of hydrogen-bond donors (Lipinski definition) is 0. The van der Waals surface area contributed by atoms with Crippen molar-refractivity contribution in [3.63, 3.8) is 0 Å². The summed E-state index contributed by atoms with van der Waals surface area (Å²) in [6, 6.07) is 9.82. The highest BCUT2D eigenvalue weighted by molar-refractivity contribution is 6.69. The third-order valence-corrected chi connectivity index (χ3v) is 3.17. The van der Waals surface area contributed by atoms with Crippen LogP contribution in [0.4, 0.5) is 0 Å². The first-order chi connectivity index (χ1) is 8.46. The molecule has 0 amide bonds. The van der Waals surface area contributed by atoms with E-state index in [2.05, 4.69) is 32.6 Å². The number of nitrogens with zero attached hydrogens (tertiary/aromatic N) is 1. The molecule has 0 aromatic heterocycles. The van der Waals surface area contributed by atoms with Gasteiger partial charge in [0.15, 0.2) is 14.4 Å². The average Bonchev–Trinajstić information content (AvgIpc) is 2.32. The van der Waals surface area contributed by atoms with Gasteiger partial charge in [0.1, 0.15) is 5.75 Å². The molecular weight excluding hydrogens is 242 g/mol. The maximum Gasteiger partial charge on any atom is 0.186 e. The number of rotatable bonds is 6. The quantitative estimate of drug-likeness (QED) is 0.731. The van der Waals surface area contributed by atoms with Crippen LogP contribution in [0.2, 0.25) is 19.6 Å². The highest BCUT2D eigenvalue weighted by atomic mass is 28.4. The summed E-state index contributed by atoms with van der Waals surface area (Å²) in [5, 5.41) is 9.22. The van der Waals surface area contributed by atoms with Gasteiger partial charge >= 0.3 is 0 Å². The molecular formula is C14H21NO2Si. The fraction of sp³-hybridized carbons (Fsp3) is 0.500. The fourth-order valence-corrected chi connectivity index (χ4v) is 2.41. The van der Waals surface area contributed by atoms with Crippen LogP contribution in [0.3, 0.4) is 0 Å². The van der Waals surface area contributed by atoms with Gasteiger partial charge in [-0.25, -0.2) is 0 Å². The van der Waals surface area contributed by atoms with Gasteiger partial charge in [-0.1, -0.05) is 19.1 Å². The molecule has 0 radical (unpaired) electrons. The maximum atomic E-state index is 9.22. The molecule has 1 aromatic carbocycles. The van der Waals surface area contributed by atoms with Crippen LogP contribution in [0.1, 0.15) is 25.0 Å². The fourth-order valence-electron chi connectivity index (χ4n) is 1.51. The minimum Gasteiger partial charge on any atom is -0.494 e. The zero-order valence-electron chi connectivity index (χ0n) is 11.6. The molecule has 0 aliphatic heterocycles. The van der Waals surface area contributed by atoms with Crippen LogP contribution in [0.25, 0.3) is 0 Å². The molecule has 0 aliphatic carbocycles. The van der Waals surface area contributed by atoms with Crippen molar-refractivity contribution >= 4 is 8.32 Å². The third kappa shape index (κ3) is 4.90. The molecule has 0 N–H and O–H groups in total. The van der Waals surface area contributed by atoms with Gasteiger partial charge in [-0.05, 0) is 43.8 Å². The summed E-state index contributed by atoms with van der Waals surface area (Å²) in [7, 11) is -1.73. The van der Waals surface area contributed by atoms with Crippen molar-refractivity contribution in [2.24, 2.45) is 0 Å². The van der Waals surface area contributed by atoms with Gasteiger partial charge in [0.2, 0.25) is 0 Å². The van der Waals surface area contributed by atoms with E-state index in [-0.39, 0.29) is 0 Å². The molecule has 1 atom stereocenters. The van der Waals surface area contributed by atoms with Gasteiger partial charge in [-0.15, -0.1) is 0 Å². The SMILES string of the molecule is CCCOc1cccc(C(C#N)O[Si](C)(C)C)c1. The molecule has 4 heteroatoms. The molecule has 98 valence electrons. The van der Waals surface area contributed by atoms with Crippen molar-refractivity contribution in [1.82, 2.24) is 0 Å². The zero-order valence-corrected chi connectivity index (χ0v) is 12.6. The van der Waals surface area contributed by atoms with Gasteiger partial charge in [0.05, 0.1) is 12.7 Å². The number of nitriles is 1. The molecule has 0 heterocycles. The normalized spacial score (nSPS) is 12.8. The van der Waals surface area contributed by atoms with Crippen LogP contribution in [-0.4, -0.2) is 14.9 Å². The Balaban J connectivity index is 2.83. The summed E-state index contributed by atoms with van der Waals surface area (Å²) in [6.07, 6.45) is 0.471. The molecule has 0 spiro atoms. The lowest BCUT2D eigenvalue weighted by Crippen LogP contribution is -2.27. The largest absolute Gasteiger partial charge is 0.494 e. The van der Waals surface area contributed by atoms with Crippen LogP contribution >= 0.6 is 0 Å². The summed E-state index contributed by atoms with van der Waals surface area (Å²) in [5.74, 6) is 0.800. The second kappa shape index (κ2) is 6.57. The first-order valence-electron chi connectivity index (χ1n) is 6.26. The van der Waals surface area contributed by atoms with Crippen LogP contribution in [0.15, 0.2) is 24.3 Å². The molecule has 1 unspecified atom stereocenters. The third-order valence-electron chi connectivity index (χ3n) is 2.22. The number of ether oxygens (including phenoxy) is 1. The lowest BCUT2D eigenvalue weighted by molar-refractivity contribution is 0.253. The van der Waals surface area contributed by atoms with Crippen molar-refractivity contribution in [3.8, 4) is 11.8 Å². The zero-order chi connectivity index (χ0) is 13.6. The Bertz CT molecular complexity index is 421. The van der Waals surface area contributed by atoms with E-state index < -0.39 is 14.4 Å². The average molecular weight is 263 g/mol. The molecule has 1 aromatic rings. The van der Waals surface area contributed by atoms with Crippen molar-refractivity contribution in [2.75, 3.05) is 6.61 Å². The van der Waals surface area contributed by atoms with Gasteiger partial charge in [-0.2, -0.15) is 5.26 Å². The first-order valence-corrected chi connectivity index (χ1v) is 9.67. The van der Waals surface area contributed by atoms with E-state index in [4.69, 9.17) is 9.16 Å². The smallest absolute Gasteiger partial charge is 0.186 e. The van der Waals surface area contributed by atoms with Gasteiger partial charge in [0, 0.05) is 0 Å². The predicted octanol–water partition coefficient (Wildman–Crippen LogP) is 3.89. The predicted molar refractivity (Wildman–Crippen MR) is 75.0 cm³/mol. The van der Waals surface area contributed by atoms with Crippen LogP contribution in [0.5, 0.6) is 5.75 Å². The Morgan fingerprint density at radius 2 is 2.06 bits per heavy atom. The Morgan fingerprint density at radius 1 is 1.33 bits per heavy atom. The Labute approximate surface area is 110 Å². The van der Waals surface area contributed by atoms with Crippen molar-refractivity contribution < 1.29 is 9.16 Å².